The molecule has 2 aromatic heterocycles. The number of benzene rings is 1. The fraction of sp³-hybridized carbons (Fsp3) is 0.391. The molecule has 1 saturated carbocycles. The number of ether oxygens (including phenoxy) is 1. The summed E-state index contributed by atoms with van der Waals surface area (Å²) in [7, 11) is 0. The molecule has 1 aliphatic rings. The number of pyridine rings is 1. The van der Waals surface area contributed by atoms with E-state index in [1.807, 2.05) is 25.1 Å². The SMILES string of the molecule is CCOC(=O)c1cnc2c3cc(NC(=O)C4CCCCC4)ccc3c(C)cn2c1=O. The van der Waals surface area contributed by atoms with Crippen LogP contribution >= 0.6 is 0 Å². The van der Waals surface area contributed by atoms with Gasteiger partial charge in [-0.3, -0.25) is 14.0 Å². The molecule has 1 N–H and O–H groups in total. The molecule has 3 aromatic rings. The summed E-state index contributed by atoms with van der Waals surface area (Å²) < 4.78 is 6.33. The average Bonchev–Trinajstić information content (AvgIpc) is 2.75. The van der Waals surface area contributed by atoms with Crippen molar-refractivity contribution < 1.29 is 14.3 Å². The second kappa shape index (κ2) is 8.26. The second-order valence-corrected chi connectivity index (χ2v) is 7.79. The third-order valence-corrected chi connectivity index (χ3v) is 5.74. The molecule has 0 saturated heterocycles. The Balaban J connectivity index is 1.77. The third kappa shape index (κ3) is 3.67. The number of esters is 1. The molecule has 0 bridgehead atoms. The minimum atomic E-state index is -0.685. The fourth-order valence-electron chi connectivity index (χ4n) is 4.16. The van der Waals surface area contributed by atoms with Crippen LogP contribution in [-0.2, 0) is 9.53 Å². The number of aryl methyl sites for hydroxylation is 1. The van der Waals surface area contributed by atoms with E-state index in [0.717, 1.165) is 42.0 Å². The Morgan fingerprint density at radius 3 is 2.70 bits per heavy atom. The predicted octanol–water partition coefficient (Wildman–Crippen LogP) is 3.85. The number of anilines is 1. The molecule has 1 aromatic carbocycles. The molecule has 7 nitrogen and oxygen atoms in total. The maximum Gasteiger partial charge on any atom is 0.345 e. The summed E-state index contributed by atoms with van der Waals surface area (Å²) in [4.78, 5) is 41.9. The van der Waals surface area contributed by atoms with Gasteiger partial charge in [0.25, 0.3) is 5.56 Å². The molecule has 1 amide bonds. The number of nitrogens with zero attached hydrogens (tertiary/aromatic N) is 2. The molecule has 0 atom stereocenters. The van der Waals surface area contributed by atoms with E-state index in [1.54, 1.807) is 13.1 Å². The summed E-state index contributed by atoms with van der Waals surface area (Å²) in [5, 5.41) is 4.69. The summed E-state index contributed by atoms with van der Waals surface area (Å²) in [5.74, 6) is -0.590. The van der Waals surface area contributed by atoms with Gasteiger partial charge in [-0.15, -0.1) is 0 Å². The molecule has 0 radical (unpaired) electrons. The van der Waals surface area contributed by atoms with Crippen molar-refractivity contribution in [3.05, 3.63) is 52.1 Å². The number of hydrogen-bond donors (Lipinski definition) is 1. The van der Waals surface area contributed by atoms with E-state index in [-0.39, 0.29) is 24.0 Å². The van der Waals surface area contributed by atoms with Gasteiger partial charge in [0, 0.05) is 29.4 Å². The highest BCUT2D eigenvalue weighted by Gasteiger charge is 2.21. The Bertz CT molecular complexity index is 1190. The molecule has 4 rings (SSSR count). The van der Waals surface area contributed by atoms with Crippen LogP contribution in [0.4, 0.5) is 5.69 Å². The highest BCUT2D eigenvalue weighted by molar-refractivity contribution is 6.01. The van der Waals surface area contributed by atoms with Crippen LogP contribution < -0.4 is 10.9 Å². The van der Waals surface area contributed by atoms with Crippen molar-refractivity contribution in [3.8, 4) is 0 Å². The molecule has 0 aliphatic heterocycles. The van der Waals surface area contributed by atoms with Crippen LogP contribution in [0.2, 0.25) is 0 Å². The Morgan fingerprint density at radius 1 is 1.20 bits per heavy atom. The van der Waals surface area contributed by atoms with E-state index in [4.69, 9.17) is 4.74 Å². The van der Waals surface area contributed by atoms with Gasteiger partial charge >= 0.3 is 5.97 Å². The van der Waals surface area contributed by atoms with E-state index >= 15 is 0 Å². The summed E-state index contributed by atoms with van der Waals surface area (Å²) in [5.41, 5.74) is 1.40. The van der Waals surface area contributed by atoms with Gasteiger partial charge in [-0.1, -0.05) is 25.3 Å². The van der Waals surface area contributed by atoms with Crippen LogP contribution in [0.3, 0.4) is 0 Å². The normalized spacial score (nSPS) is 14.7. The van der Waals surface area contributed by atoms with Crippen molar-refractivity contribution in [1.82, 2.24) is 9.38 Å². The maximum absolute atomic E-state index is 12.9. The smallest absolute Gasteiger partial charge is 0.345 e. The lowest BCUT2D eigenvalue weighted by molar-refractivity contribution is -0.120. The van der Waals surface area contributed by atoms with Gasteiger partial charge in [0.15, 0.2) is 0 Å². The van der Waals surface area contributed by atoms with Gasteiger partial charge in [-0.05, 0) is 49.8 Å². The first kappa shape index (κ1) is 20.1. The second-order valence-electron chi connectivity index (χ2n) is 7.79. The minimum absolute atomic E-state index is 0.0423. The quantitative estimate of drug-likeness (QED) is 0.524. The standard InChI is InChI=1S/C23H25N3O4/c1-3-30-23(29)19-12-24-20-18-11-16(25-21(27)15-7-5-4-6-8-15)9-10-17(18)14(2)13-26(20)22(19)28/h9-13,15H,3-8H2,1-2H3,(H,25,27). The van der Waals surface area contributed by atoms with Gasteiger partial charge in [-0.2, -0.15) is 0 Å². The highest BCUT2D eigenvalue weighted by atomic mass is 16.5. The molecule has 30 heavy (non-hydrogen) atoms. The van der Waals surface area contributed by atoms with Crippen molar-refractivity contribution in [2.45, 2.75) is 46.0 Å². The topological polar surface area (TPSA) is 89.8 Å². The lowest BCUT2D eigenvalue weighted by atomic mass is 9.88. The molecule has 156 valence electrons. The van der Waals surface area contributed by atoms with Crippen LogP contribution in [0.5, 0.6) is 0 Å². The van der Waals surface area contributed by atoms with Crippen molar-refractivity contribution in [1.29, 1.82) is 0 Å². The van der Waals surface area contributed by atoms with Crippen molar-refractivity contribution in [2.24, 2.45) is 5.92 Å². The summed E-state index contributed by atoms with van der Waals surface area (Å²) in [6.07, 6.45) is 8.17. The van der Waals surface area contributed by atoms with E-state index in [2.05, 4.69) is 10.3 Å². The van der Waals surface area contributed by atoms with E-state index in [1.165, 1.54) is 17.0 Å². The third-order valence-electron chi connectivity index (χ3n) is 5.74. The molecule has 0 unspecified atom stereocenters. The molecular weight excluding hydrogens is 382 g/mol. The molecule has 1 aliphatic carbocycles. The average molecular weight is 407 g/mol. The number of hydrogen-bond acceptors (Lipinski definition) is 5. The maximum atomic E-state index is 12.9. The Morgan fingerprint density at radius 2 is 1.97 bits per heavy atom. The summed E-state index contributed by atoms with van der Waals surface area (Å²) in [6.45, 7) is 3.76. The number of aromatic nitrogens is 2. The van der Waals surface area contributed by atoms with Crippen molar-refractivity contribution in [3.63, 3.8) is 0 Å². The lowest BCUT2D eigenvalue weighted by Gasteiger charge is -2.21. The predicted molar refractivity (Wildman–Crippen MR) is 115 cm³/mol. The Labute approximate surface area is 174 Å². The number of carbonyl (C=O) groups excluding carboxylic acids is 2. The zero-order chi connectivity index (χ0) is 21.3. The van der Waals surface area contributed by atoms with Gasteiger partial charge in [0.05, 0.1) is 6.61 Å². The van der Waals surface area contributed by atoms with Crippen LogP contribution in [0.25, 0.3) is 16.4 Å². The first-order chi connectivity index (χ1) is 14.5. The first-order valence-corrected chi connectivity index (χ1v) is 10.4. The van der Waals surface area contributed by atoms with Crippen molar-refractivity contribution >= 4 is 34.0 Å². The molecule has 1 fully saturated rings. The summed E-state index contributed by atoms with van der Waals surface area (Å²) >= 11 is 0. The summed E-state index contributed by atoms with van der Waals surface area (Å²) in [6, 6.07) is 5.64. The first-order valence-electron chi connectivity index (χ1n) is 10.4. The van der Waals surface area contributed by atoms with E-state index < -0.39 is 11.5 Å². The number of nitrogens with one attached hydrogen (secondary N) is 1. The van der Waals surface area contributed by atoms with Crippen LogP contribution in [0.15, 0.2) is 35.4 Å². The molecule has 2 heterocycles. The van der Waals surface area contributed by atoms with Gasteiger partial charge in [-0.25, -0.2) is 9.78 Å². The zero-order valence-electron chi connectivity index (χ0n) is 17.2. The van der Waals surface area contributed by atoms with E-state index in [9.17, 15) is 14.4 Å². The number of carbonyl (C=O) groups is 2. The number of fused-ring (bicyclic) bond motifs is 3. The number of amides is 1. The van der Waals surface area contributed by atoms with Gasteiger partial charge in [0.2, 0.25) is 5.91 Å². The molecule has 0 spiro atoms. The fourth-order valence-corrected chi connectivity index (χ4v) is 4.16. The molecule has 7 heteroatoms. The lowest BCUT2D eigenvalue weighted by Crippen LogP contribution is -2.25. The minimum Gasteiger partial charge on any atom is -0.462 e. The van der Waals surface area contributed by atoms with Crippen molar-refractivity contribution in [2.75, 3.05) is 11.9 Å². The Hall–Kier alpha value is -3.22. The van der Waals surface area contributed by atoms with E-state index in [0.29, 0.717) is 11.3 Å². The van der Waals surface area contributed by atoms with Gasteiger partial charge in [0.1, 0.15) is 11.2 Å². The van der Waals surface area contributed by atoms with Crippen LogP contribution in [-0.4, -0.2) is 27.9 Å². The molecular formula is C23H25N3O4. The Kier molecular flexibility index (Phi) is 5.53. The monoisotopic (exact) mass is 407 g/mol. The van der Waals surface area contributed by atoms with Crippen LogP contribution in [0.1, 0.15) is 54.9 Å². The van der Waals surface area contributed by atoms with Crippen LogP contribution in [0, 0.1) is 12.8 Å². The number of rotatable bonds is 4. The van der Waals surface area contributed by atoms with Gasteiger partial charge < -0.3 is 10.1 Å². The zero-order valence-corrected chi connectivity index (χ0v) is 17.2. The largest absolute Gasteiger partial charge is 0.462 e. The highest BCUT2D eigenvalue weighted by Crippen LogP contribution is 2.28.